The summed E-state index contributed by atoms with van der Waals surface area (Å²) in [7, 11) is -3.67. The van der Waals surface area contributed by atoms with Crippen molar-refractivity contribution in [1.82, 2.24) is 0 Å². The molecule has 2 rings (SSSR count). The van der Waals surface area contributed by atoms with E-state index in [9.17, 15) is 13.2 Å². The van der Waals surface area contributed by atoms with Crippen molar-refractivity contribution in [2.75, 3.05) is 0 Å². The molecule has 2 N–H and O–H groups in total. The molecular formula is C11H8ClNO4S. The van der Waals surface area contributed by atoms with Gasteiger partial charge < -0.3 is 10.5 Å². The summed E-state index contributed by atoms with van der Waals surface area (Å²) in [5.74, 6) is -0.627. The summed E-state index contributed by atoms with van der Waals surface area (Å²) < 4.78 is 27.5. The Morgan fingerprint density at radius 3 is 2.61 bits per heavy atom. The van der Waals surface area contributed by atoms with E-state index >= 15 is 0 Å². The number of hydrogen-bond donors (Lipinski definition) is 1. The van der Waals surface area contributed by atoms with E-state index in [0.717, 1.165) is 11.5 Å². The highest BCUT2D eigenvalue weighted by Crippen LogP contribution is 2.22. The molecule has 1 aromatic rings. The average molecular weight is 286 g/mol. The average Bonchev–Trinajstić information content (AvgIpc) is 2.54. The van der Waals surface area contributed by atoms with Crippen LogP contribution in [0.4, 0.5) is 0 Å². The number of ether oxygens (including phenoxy) is 1. The maximum absolute atomic E-state index is 11.7. The van der Waals surface area contributed by atoms with Crippen LogP contribution >= 0.6 is 11.6 Å². The third kappa shape index (κ3) is 2.39. The fraction of sp³-hybridized carbons (Fsp3) is 0. The number of carbonyl (C=O) groups is 1. The van der Waals surface area contributed by atoms with Crippen LogP contribution in [0.1, 0.15) is 0 Å². The lowest BCUT2D eigenvalue weighted by Crippen LogP contribution is -2.16. The maximum atomic E-state index is 11.7. The molecule has 0 saturated carbocycles. The molecule has 18 heavy (non-hydrogen) atoms. The van der Waals surface area contributed by atoms with Crippen LogP contribution < -0.4 is 10.5 Å². The molecule has 0 bridgehead atoms. The summed E-state index contributed by atoms with van der Waals surface area (Å²) in [5.41, 5.74) is 5.16. The van der Waals surface area contributed by atoms with Crippen LogP contribution in [0.5, 0.6) is 5.75 Å². The molecule has 0 saturated heterocycles. The molecule has 0 unspecified atom stereocenters. The Morgan fingerprint density at radius 1 is 1.33 bits per heavy atom. The van der Waals surface area contributed by atoms with E-state index in [0.29, 0.717) is 5.02 Å². The van der Waals surface area contributed by atoms with Gasteiger partial charge in [-0.05, 0) is 24.3 Å². The number of carbonyl (C=O) groups excluding carboxylic acids is 1. The fourth-order valence-corrected chi connectivity index (χ4v) is 2.43. The zero-order valence-electron chi connectivity index (χ0n) is 8.96. The van der Waals surface area contributed by atoms with E-state index in [-0.39, 0.29) is 11.3 Å². The van der Waals surface area contributed by atoms with Crippen molar-refractivity contribution in [2.24, 2.45) is 5.73 Å². The van der Waals surface area contributed by atoms with Crippen LogP contribution in [0.3, 0.4) is 0 Å². The van der Waals surface area contributed by atoms with Crippen molar-refractivity contribution < 1.29 is 17.9 Å². The Morgan fingerprint density at radius 2 is 2.06 bits per heavy atom. The minimum Gasteiger partial charge on any atom is -0.423 e. The Labute approximate surface area is 108 Å². The zero-order chi connectivity index (χ0) is 13.3. The van der Waals surface area contributed by atoms with Crippen molar-refractivity contribution in [3.05, 3.63) is 51.4 Å². The van der Waals surface area contributed by atoms with E-state index in [4.69, 9.17) is 22.1 Å². The van der Waals surface area contributed by atoms with Crippen LogP contribution in [-0.2, 0) is 14.6 Å². The Kier molecular flexibility index (Phi) is 3.14. The SMILES string of the molecule is NC1=C(C(=O)Oc2cccc(Cl)c2)C=CS1(=O)=O. The summed E-state index contributed by atoms with van der Waals surface area (Å²) in [6.07, 6.45) is 1.11. The Balaban J connectivity index is 2.25. The van der Waals surface area contributed by atoms with E-state index in [1.165, 1.54) is 12.1 Å². The van der Waals surface area contributed by atoms with Gasteiger partial charge in [0.1, 0.15) is 10.8 Å². The number of rotatable bonds is 2. The Bertz CT molecular complexity index is 676. The number of halogens is 1. The Hall–Kier alpha value is -1.79. The van der Waals surface area contributed by atoms with Gasteiger partial charge in [0.25, 0.3) is 0 Å². The first-order valence-corrected chi connectivity index (χ1v) is 6.73. The predicted octanol–water partition coefficient (Wildman–Crippen LogP) is 1.36. The van der Waals surface area contributed by atoms with Gasteiger partial charge in [0.05, 0.1) is 5.57 Å². The van der Waals surface area contributed by atoms with Gasteiger partial charge in [0.2, 0.25) is 9.84 Å². The molecule has 5 nitrogen and oxygen atoms in total. The van der Waals surface area contributed by atoms with Crippen LogP contribution in [-0.4, -0.2) is 14.4 Å². The van der Waals surface area contributed by atoms with E-state index < -0.39 is 20.8 Å². The summed E-state index contributed by atoms with van der Waals surface area (Å²) >= 11 is 5.72. The zero-order valence-corrected chi connectivity index (χ0v) is 10.5. The first-order chi connectivity index (χ1) is 8.40. The van der Waals surface area contributed by atoms with Crippen LogP contribution in [0.15, 0.2) is 46.4 Å². The molecule has 1 heterocycles. The summed E-state index contributed by atoms with van der Waals surface area (Å²) in [6, 6.07) is 6.17. The maximum Gasteiger partial charge on any atom is 0.346 e. The van der Waals surface area contributed by atoms with Gasteiger partial charge in [-0.25, -0.2) is 13.2 Å². The highest BCUT2D eigenvalue weighted by molar-refractivity contribution is 7.98. The second-order valence-electron chi connectivity index (χ2n) is 3.47. The number of sulfone groups is 1. The molecular weight excluding hydrogens is 278 g/mol. The van der Waals surface area contributed by atoms with Gasteiger partial charge in [-0.1, -0.05) is 17.7 Å². The lowest BCUT2D eigenvalue weighted by atomic mass is 10.3. The van der Waals surface area contributed by atoms with Crippen LogP contribution in [0.25, 0.3) is 0 Å². The number of esters is 1. The van der Waals surface area contributed by atoms with Crippen molar-refractivity contribution in [2.45, 2.75) is 0 Å². The summed E-state index contributed by atoms with van der Waals surface area (Å²) in [5, 5.41) is 0.753. The van der Waals surface area contributed by atoms with Crippen molar-refractivity contribution in [3.8, 4) is 5.75 Å². The first kappa shape index (κ1) is 12.7. The van der Waals surface area contributed by atoms with Gasteiger partial charge >= 0.3 is 5.97 Å². The molecule has 1 aromatic carbocycles. The van der Waals surface area contributed by atoms with Gasteiger partial charge in [0.15, 0.2) is 0 Å². The number of hydrogen-bond acceptors (Lipinski definition) is 5. The van der Waals surface area contributed by atoms with E-state index in [1.807, 2.05) is 0 Å². The molecule has 0 radical (unpaired) electrons. The van der Waals surface area contributed by atoms with Gasteiger partial charge in [-0.3, -0.25) is 0 Å². The highest BCUT2D eigenvalue weighted by atomic mass is 35.5. The van der Waals surface area contributed by atoms with E-state index in [2.05, 4.69) is 0 Å². The third-order valence-corrected chi connectivity index (χ3v) is 3.77. The van der Waals surface area contributed by atoms with Crippen molar-refractivity contribution in [1.29, 1.82) is 0 Å². The van der Waals surface area contributed by atoms with Crippen molar-refractivity contribution in [3.63, 3.8) is 0 Å². The molecule has 7 heteroatoms. The molecule has 1 aliphatic heterocycles. The predicted molar refractivity (Wildman–Crippen MR) is 66.4 cm³/mol. The van der Waals surface area contributed by atoms with E-state index in [1.54, 1.807) is 12.1 Å². The van der Waals surface area contributed by atoms with Gasteiger partial charge in [0, 0.05) is 10.4 Å². The second kappa shape index (κ2) is 4.47. The normalized spacial score (nSPS) is 16.9. The second-order valence-corrected chi connectivity index (χ2v) is 5.71. The molecule has 1 aliphatic rings. The topological polar surface area (TPSA) is 86.5 Å². The quantitative estimate of drug-likeness (QED) is 0.655. The molecule has 0 amide bonds. The molecule has 0 aliphatic carbocycles. The number of benzene rings is 1. The minimum atomic E-state index is -3.67. The first-order valence-electron chi connectivity index (χ1n) is 4.81. The summed E-state index contributed by atoms with van der Waals surface area (Å²) in [4.78, 5) is 11.7. The number of nitrogens with two attached hydrogens (primary N) is 1. The van der Waals surface area contributed by atoms with Gasteiger partial charge in [-0.2, -0.15) is 0 Å². The monoisotopic (exact) mass is 285 g/mol. The van der Waals surface area contributed by atoms with Crippen LogP contribution in [0.2, 0.25) is 5.02 Å². The van der Waals surface area contributed by atoms with Gasteiger partial charge in [-0.15, -0.1) is 0 Å². The molecule has 0 fully saturated rings. The van der Waals surface area contributed by atoms with Crippen molar-refractivity contribution >= 4 is 27.4 Å². The minimum absolute atomic E-state index is 0.185. The lowest BCUT2D eigenvalue weighted by molar-refractivity contribution is -0.129. The molecule has 0 atom stereocenters. The molecule has 94 valence electrons. The standard InChI is InChI=1S/C11H8ClNO4S/c12-7-2-1-3-8(6-7)17-11(14)9-4-5-18(15,16)10(9)13/h1-6H,13H2. The molecule has 0 aromatic heterocycles. The lowest BCUT2D eigenvalue weighted by Gasteiger charge is -2.04. The van der Waals surface area contributed by atoms with Crippen LogP contribution in [0, 0.1) is 0 Å². The fourth-order valence-electron chi connectivity index (χ4n) is 1.33. The highest BCUT2D eigenvalue weighted by Gasteiger charge is 2.27. The molecule has 0 spiro atoms. The third-order valence-electron chi connectivity index (χ3n) is 2.21. The summed E-state index contributed by atoms with van der Waals surface area (Å²) in [6.45, 7) is 0. The largest absolute Gasteiger partial charge is 0.423 e. The smallest absolute Gasteiger partial charge is 0.346 e.